The fraction of sp³-hybridized carbons (Fsp3) is 0.158. The zero-order valence-electron chi connectivity index (χ0n) is 15.3. The molecule has 0 spiro atoms. The number of amides is 3. The third-order valence-corrected chi connectivity index (χ3v) is 4.14. The fourth-order valence-electron chi connectivity index (χ4n) is 2.16. The highest BCUT2D eigenvalue weighted by molar-refractivity contribution is 6.36. The lowest BCUT2D eigenvalue weighted by Crippen LogP contribution is -2.32. The number of halogens is 2. The van der Waals surface area contributed by atoms with Crippen molar-refractivity contribution < 1.29 is 23.9 Å². The van der Waals surface area contributed by atoms with Crippen molar-refractivity contribution in [2.45, 2.75) is 0 Å². The van der Waals surface area contributed by atoms with E-state index in [0.717, 1.165) is 0 Å². The topological polar surface area (TPSA) is 114 Å². The molecule has 0 heterocycles. The number of anilines is 1. The van der Waals surface area contributed by atoms with Crippen LogP contribution in [0, 0.1) is 0 Å². The average molecular weight is 438 g/mol. The van der Waals surface area contributed by atoms with Gasteiger partial charge in [0.15, 0.2) is 6.61 Å². The van der Waals surface area contributed by atoms with Crippen molar-refractivity contribution in [1.29, 1.82) is 0 Å². The first kappa shape index (κ1) is 22.2. The summed E-state index contributed by atoms with van der Waals surface area (Å²) in [6.07, 6.45) is 0. The molecule has 3 N–H and O–H groups in total. The molecule has 0 atom stereocenters. The third kappa shape index (κ3) is 6.78. The summed E-state index contributed by atoms with van der Waals surface area (Å²) in [7, 11) is 1.51. The van der Waals surface area contributed by atoms with Crippen LogP contribution in [-0.2, 0) is 14.3 Å². The van der Waals surface area contributed by atoms with E-state index in [2.05, 4.69) is 16.0 Å². The molecule has 152 valence electrons. The quantitative estimate of drug-likeness (QED) is 0.574. The van der Waals surface area contributed by atoms with Crippen LogP contribution in [0.5, 0.6) is 0 Å². The summed E-state index contributed by atoms with van der Waals surface area (Å²) in [6.45, 7) is -0.973. The SMILES string of the molecule is CNC(=O)c1ccc(NC(=O)COC(=O)CNC(=O)c2ccc(Cl)cc2Cl)cc1. The van der Waals surface area contributed by atoms with Crippen molar-refractivity contribution >= 4 is 52.6 Å². The number of nitrogens with one attached hydrogen (secondary N) is 3. The van der Waals surface area contributed by atoms with Gasteiger partial charge in [0.25, 0.3) is 17.7 Å². The van der Waals surface area contributed by atoms with Crippen molar-refractivity contribution in [1.82, 2.24) is 10.6 Å². The molecule has 2 rings (SSSR count). The summed E-state index contributed by atoms with van der Waals surface area (Å²) >= 11 is 11.7. The van der Waals surface area contributed by atoms with Crippen LogP contribution in [0.2, 0.25) is 10.0 Å². The van der Waals surface area contributed by atoms with Crippen molar-refractivity contribution in [2.75, 3.05) is 25.5 Å². The van der Waals surface area contributed by atoms with Gasteiger partial charge in [0.1, 0.15) is 6.54 Å². The fourth-order valence-corrected chi connectivity index (χ4v) is 2.66. The van der Waals surface area contributed by atoms with E-state index < -0.39 is 30.9 Å². The van der Waals surface area contributed by atoms with E-state index in [1.165, 1.54) is 37.4 Å². The van der Waals surface area contributed by atoms with Crippen molar-refractivity contribution in [3.8, 4) is 0 Å². The van der Waals surface area contributed by atoms with Gasteiger partial charge in [-0.15, -0.1) is 0 Å². The van der Waals surface area contributed by atoms with Crippen molar-refractivity contribution in [3.63, 3.8) is 0 Å². The molecule has 8 nitrogen and oxygen atoms in total. The molecule has 0 bridgehead atoms. The zero-order chi connectivity index (χ0) is 21.4. The molecule has 0 unspecified atom stereocenters. The Hall–Kier alpha value is -3.10. The van der Waals surface area contributed by atoms with Crippen LogP contribution in [0.4, 0.5) is 5.69 Å². The molecule has 0 saturated carbocycles. The van der Waals surface area contributed by atoms with Gasteiger partial charge in [-0.3, -0.25) is 19.2 Å². The van der Waals surface area contributed by atoms with Crippen LogP contribution in [0.1, 0.15) is 20.7 Å². The van der Waals surface area contributed by atoms with Gasteiger partial charge in [0, 0.05) is 23.3 Å². The Bertz CT molecular complexity index is 932. The molecule has 2 aromatic rings. The van der Waals surface area contributed by atoms with Crippen molar-refractivity contribution in [3.05, 3.63) is 63.6 Å². The summed E-state index contributed by atoms with van der Waals surface area (Å²) in [4.78, 5) is 47.0. The number of hydrogen-bond donors (Lipinski definition) is 3. The largest absolute Gasteiger partial charge is 0.454 e. The van der Waals surface area contributed by atoms with E-state index >= 15 is 0 Å². The molecule has 0 radical (unpaired) electrons. The molecule has 3 amide bonds. The van der Waals surface area contributed by atoms with E-state index in [0.29, 0.717) is 16.3 Å². The Kier molecular flexibility index (Phi) is 7.99. The maximum Gasteiger partial charge on any atom is 0.325 e. The number of esters is 1. The number of hydrogen-bond acceptors (Lipinski definition) is 5. The molecular weight excluding hydrogens is 421 g/mol. The van der Waals surface area contributed by atoms with E-state index in [4.69, 9.17) is 27.9 Å². The molecule has 29 heavy (non-hydrogen) atoms. The number of rotatable bonds is 7. The minimum Gasteiger partial charge on any atom is -0.454 e. The van der Waals surface area contributed by atoms with Gasteiger partial charge < -0.3 is 20.7 Å². The minimum absolute atomic E-state index is 0.144. The van der Waals surface area contributed by atoms with E-state index in [9.17, 15) is 19.2 Å². The summed E-state index contributed by atoms with van der Waals surface area (Å²) in [6, 6.07) is 10.5. The maximum atomic E-state index is 12.0. The average Bonchev–Trinajstić information content (AvgIpc) is 2.70. The molecule has 0 aromatic heterocycles. The first-order valence-electron chi connectivity index (χ1n) is 8.31. The van der Waals surface area contributed by atoms with Gasteiger partial charge in [-0.1, -0.05) is 23.2 Å². The Balaban J connectivity index is 1.76. The molecule has 0 saturated heterocycles. The predicted octanol–water partition coefficient (Wildman–Crippen LogP) is 2.26. The van der Waals surface area contributed by atoms with Gasteiger partial charge in [-0.05, 0) is 42.5 Å². The lowest BCUT2D eigenvalue weighted by Gasteiger charge is -2.09. The highest BCUT2D eigenvalue weighted by Crippen LogP contribution is 2.20. The zero-order valence-corrected chi connectivity index (χ0v) is 16.8. The van der Waals surface area contributed by atoms with E-state index in [1.54, 1.807) is 12.1 Å². The Morgan fingerprint density at radius 3 is 2.28 bits per heavy atom. The lowest BCUT2D eigenvalue weighted by atomic mass is 10.2. The summed E-state index contributed by atoms with van der Waals surface area (Å²) < 4.78 is 4.81. The molecular formula is C19H17Cl2N3O5. The van der Waals surface area contributed by atoms with Gasteiger partial charge in [0.2, 0.25) is 0 Å². The molecule has 0 aliphatic carbocycles. The highest BCUT2D eigenvalue weighted by Gasteiger charge is 2.14. The van der Waals surface area contributed by atoms with E-state index in [-0.39, 0.29) is 16.5 Å². The summed E-state index contributed by atoms with van der Waals surface area (Å²) in [5.74, 6) is -2.20. The van der Waals surface area contributed by atoms with E-state index in [1.807, 2.05) is 0 Å². The second-order valence-electron chi connectivity index (χ2n) is 5.67. The Morgan fingerprint density at radius 2 is 1.66 bits per heavy atom. The summed E-state index contributed by atoms with van der Waals surface area (Å²) in [5.41, 5.74) is 1.03. The first-order chi connectivity index (χ1) is 13.8. The van der Waals surface area contributed by atoms with Gasteiger partial charge >= 0.3 is 5.97 Å². The number of ether oxygens (including phenoxy) is 1. The van der Waals surface area contributed by atoms with Gasteiger partial charge in [-0.25, -0.2) is 0 Å². The Labute approximate surface area is 176 Å². The molecule has 0 aliphatic heterocycles. The molecule has 0 aliphatic rings. The van der Waals surface area contributed by atoms with Crippen LogP contribution in [0.15, 0.2) is 42.5 Å². The van der Waals surface area contributed by atoms with Gasteiger partial charge in [-0.2, -0.15) is 0 Å². The number of carbonyl (C=O) groups excluding carboxylic acids is 4. The van der Waals surface area contributed by atoms with Crippen LogP contribution < -0.4 is 16.0 Å². The second kappa shape index (κ2) is 10.4. The standard InChI is InChI=1S/C19H17Cl2N3O5/c1-22-18(27)11-2-5-13(6-3-11)24-16(25)10-29-17(26)9-23-19(28)14-7-4-12(20)8-15(14)21/h2-8H,9-10H2,1H3,(H,22,27)(H,23,28)(H,24,25). The monoisotopic (exact) mass is 437 g/mol. The third-order valence-electron chi connectivity index (χ3n) is 3.59. The smallest absolute Gasteiger partial charge is 0.325 e. The molecule has 10 heteroatoms. The predicted molar refractivity (Wildman–Crippen MR) is 108 cm³/mol. The minimum atomic E-state index is -0.798. The van der Waals surface area contributed by atoms with Crippen LogP contribution in [0.3, 0.4) is 0 Å². The van der Waals surface area contributed by atoms with Crippen LogP contribution in [0.25, 0.3) is 0 Å². The van der Waals surface area contributed by atoms with Crippen LogP contribution >= 0.6 is 23.2 Å². The normalized spacial score (nSPS) is 10.0. The number of carbonyl (C=O) groups is 4. The lowest BCUT2D eigenvalue weighted by molar-refractivity contribution is -0.146. The number of benzene rings is 2. The maximum absolute atomic E-state index is 12.0. The molecule has 2 aromatic carbocycles. The van der Waals surface area contributed by atoms with Gasteiger partial charge in [0.05, 0.1) is 10.6 Å². The Morgan fingerprint density at radius 1 is 0.966 bits per heavy atom. The summed E-state index contributed by atoms with van der Waals surface area (Å²) in [5, 5.41) is 7.87. The molecule has 0 fully saturated rings. The highest BCUT2D eigenvalue weighted by atomic mass is 35.5. The van der Waals surface area contributed by atoms with Crippen molar-refractivity contribution in [2.24, 2.45) is 0 Å². The first-order valence-corrected chi connectivity index (χ1v) is 9.06. The van der Waals surface area contributed by atoms with Crippen LogP contribution in [-0.4, -0.2) is 43.9 Å². The second-order valence-corrected chi connectivity index (χ2v) is 6.52.